The summed E-state index contributed by atoms with van der Waals surface area (Å²) >= 11 is 0. The number of carbonyl (C=O) groups excluding carboxylic acids is 1. The topological polar surface area (TPSA) is 46.3 Å². The van der Waals surface area contributed by atoms with Gasteiger partial charge in [-0.25, -0.2) is 0 Å². The second-order valence-corrected chi connectivity index (χ2v) is 5.39. The van der Waals surface area contributed by atoms with E-state index in [-0.39, 0.29) is 11.3 Å². The van der Waals surface area contributed by atoms with Crippen molar-refractivity contribution in [1.82, 2.24) is 4.90 Å². The van der Waals surface area contributed by atoms with Crippen LogP contribution in [0.5, 0.6) is 0 Å². The highest BCUT2D eigenvalue weighted by molar-refractivity contribution is 5.75. The first-order valence-corrected chi connectivity index (χ1v) is 5.85. The molecule has 0 saturated carbocycles. The summed E-state index contributed by atoms with van der Waals surface area (Å²) in [6.07, 6.45) is 0. The van der Waals surface area contributed by atoms with Crippen LogP contribution in [0.1, 0.15) is 25.0 Å². The van der Waals surface area contributed by atoms with Crippen molar-refractivity contribution in [2.45, 2.75) is 26.2 Å². The lowest BCUT2D eigenvalue weighted by atomic mass is 9.84. The van der Waals surface area contributed by atoms with Crippen LogP contribution in [0.3, 0.4) is 0 Å². The molecular weight excluding hydrogens is 212 g/mol. The fourth-order valence-corrected chi connectivity index (χ4v) is 2.09. The van der Waals surface area contributed by atoms with Crippen molar-refractivity contribution in [3.05, 3.63) is 35.4 Å². The third kappa shape index (κ3) is 4.19. The zero-order chi connectivity index (χ0) is 13.1. The summed E-state index contributed by atoms with van der Waals surface area (Å²) in [5.74, 6) is -0.285. The average Bonchev–Trinajstić information content (AvgIpc) is 2.15. The van der Waals surface area contributed by atoms with Gasteiger partial charge < -0.3 is 5.73 Å². The van der Waals surface area contributed by atoms with Gasteiger partial charge in [0.1, 0.15) is 0 Å². The predicted octanol–water partition coefficient (Wildman–Crippen LogP) is 1.69. The third-order valence-corrected chi connectivity index (χ3v) is 2.92. The second-order valence-electron chi connectivity index (χ2n) is 5.39. The SMILES string of the molecule is Cc1ccc(C(C)(C)CN(C)CC(N)=O)cc1. The van der Waals surface area contributed by atoms with Gasteiger partial charge in [-0.15, -0.1) is 0 Å². The van der Waals surface area contributed by atoms with Crippen LogP contribution < -0.4 is 5.73 Å². The number of benzene rings is 1. The number of rotatable bonds is 5. The van der Waals surface area contributed by atoms with Crippen molar-refractivity contribution in [3.8, 4) is 0 Å². The van der Waals surface area contributed by atoms with Crippen LogP contribution in [0, 0.1) is 6.92 Å². The Morgan fingerprint density at radius 1 is 1.29 bits per heavy atom. The summed E-state index contributed by atoms with van der Waals surface area (Å²) in [4.78, 5) is 12.8. The monoisotopic (exact) mass is 234 g/mol. The molecule has 2 N–H and O–H groups in total. The number of amides is 1. The highest BCUT2D eigenvalue weighted by Crippen LogP contribution is 2.24. The molecule has 17 heavy (non-hydrogen) atoms. The Kier molecular flexibility index (Phi) is 4.29. The molecule has 0 fully saturated rings. The first-order chi connectivity index (χ1) is 7.81. The molecule has 0 atom stereocenters. The van der Waals surface area contributed by atoms with Gasteiger partial charge >= 0.3 is 0 Å². The van der Waals surface area contributed by atoms with E-state index in [4.69, 9.17) is 5.73 Å². The fourth-order valence-electron chi connectivity index (χ4n) is 2.09. The lowest BCUT2D eigenvalue weighted by molar-refractivity contribution is -0.118. The van der Waals surface area contributed by atoms with Gasteiger partial charge in [-0.1, -0.05) is 43.7 Å². The largest absolute Gasteiger partial charge is 0.369 e. The Labute approximate surface area is 104 Å². The van der Waals surface area contributed by atoms with E-state index in [2.05, 4.69) is 45.0 Å². The Balaban J connectivity index is 2.73. The van der Waals surface area contributed by atoms with Crippen molar-refractivity contribution in [2.24, 2.45) is 5.73 Å². The molecule has 0 aliphatic carbocycles. The predicted molar refractivity (Wildman–Crippen MR) is 70.9 cm³/mol. The van der Waals surface area contributed by atoms with E-state index in [9.17, 15) is 4.79 Å². The van der Waals surface area contributed by atoms with Crippen LogP contribution in [0.2, 0.25) is 0 Å². The second kappa shape index (κ2) is 5.32. The zero-order valence-corrected chi connectivity index (χ0v) is 11.2. The minimum absolute atomic E-state index is 0.0118. The normalized spacial score (nSPS) is 11.8. The Morgan fingerprint density at radius 3 is 2.29 bits per heavy atom. The number of nitrogens with zero attached hydrogens (tertiary/aromatic N) is 1. The third-order valence-electron chi connectivity index (χ3n) is 2.92. The fraction of sp³-hybridized carbons (Fsp3) is 0.500. The van der Waals surface area contributed by atoms with Gasteiger partial charge in [0.15, 0.2) is 0 Å². The van der Waals surface area contributed by atoms with Crippen molar-refractivity contribution in [2.75, 3.05) is 20.1 Å². The molecule has 0 aromatic heterocycles. The Morgan fingerprint density at radius 2 is 1.82 bits per heavy atom. The highest BCUT2D eigenvalue weighted by atomic mass is 16.1. The van der Waals surface area contributed by atoms with E-state index < -0.39 is 0 Å². The number of aryl methyl sites for hydroxylation is 1. The molecule has 0 saturated heterocycles. The van der Waals surface area contributed by atoms with Crippen molar-refractivity contribution >= 4 is 5.91 Å². The lowest BCUT2D eigenvalue weighted by Crippen LogP contribution is -2.39. The van der Waals surface area contributed by atoms with Crippen molar-refractivity contribution in [3.63, 3.8) is 0 Å². The van der Waals surface area contributed by atoms with Gasteiger partial charge in [-0.2, -0.15) is 0 Å². The maximum Gasteiger partial charge on any atom is 0.231 e. The quantitative estimate of drug-likeness (QED) is 0.842. The smallest absolute Gasteiger partial charge is 0.231 e. The van der Waals surface area contributed by atoms with Gasteiger partial charge in [-0.05, 0) is 19.5 Å². The van der Waals surface area contributed by atoms with E-state index in [1.54, 1.807) is 0 Å². The maximum atomic E-state index is 10.9. The van der Waals surface area contributed by atoms with Crippen LogP contribution >= 0.6 is 0 Å². The summed E-state index contributed by atoms with van der Waals surface area (Å²) in [6, 6.07) is 8.53. The van der Waals surface area contributed by atoms with Crippen LogP contribution in [0.15, 0.2) is 24.3 Å². The van der Waals surface area contributed by atoms with Crippen LogP contribution in [-0.2, 0) is 10.2 Å². The standard InChI is InChI=1S/C14H22N2O/c1-11-5-7-12(8-6-11)14(2,3)10-16(4)9-13(15)17/h5-8H,9-10H2,1-4H3,(H2,15,17). The van der Waals surface area contributed by atoms with Crippen LogP contribution in [0.25, 0.3) is 0 Å². The van der Waals surface area contributed by atoms with E-state index in [0.717, 1.165) is 6.54 Å². The Hall–Kier alpha value is -1.35. The van der Waals surface area contributed by atoms with Gasteiger partial charge in [-0.3, -0.25) is 9.69 Å². The lowest BCUT2D eigenvalue weighted by Gasteiger charge is -2.30. The molecule has 0 bridgehead atoms. The van der Waals surface area contributed by atoms with Gasteiger partial charge in [0, 0.05) is 12.0 Å². The highest BCUT2D eigenvalue weighted by Gasteiger charge is 2.22. The minimum atomic E-state index is -0.285. The number of nitrogens with two attached hydrogens (primary N) is 1. The molecule has 0 spiro atoms. The molecular formula is C14H22N2O. The van der Waals surface area contributed by atoms with E-state index in [1.807, 2.05) is 11.9 Å². The average molecular weight is 234 g/mol. The molecule has 94 valence electrons. The van der Waals surface area contributed by atoms with Crippen molar-refractivity contribution < 1.29 is 4.79 Å². The summed E-state index contributed by atoms with van der Waals surface area (Å²) in [5, 5.41) is 0. The molecule has 1 rings (SSSR count). The van der Waals surface area contributed by atoms with E-state index in [1.165, 1.54) is 11.1 Å². The first kappa shape index (κ1) is 13.7. The molecule has 0 unspecified atom stereocenters. The number of hydrogen-bond acceptors (Lipinski definition) is 2. The molecule has 3 nitrogen and oxygen atoms in total. The van der Waals surface area contributed by atoms with Crippen LogP contribution in [0.4, 0.5) is 0 Å². The summed E-state index contributed by atoms with van der Waals surface area (Å²) in [5.41, 5.74) is 7.74. The molecule has 0 heterocycles. The van der Waals surface area contributed by atoms with Crippen LogP contribution in [-0.4, -0.2) is 30.9 Å². The Bertz CT molecular complexity index is 382. The number of primary amides is 1. The first-order valence-electron chi connectivity index (χ1n) is 5.85. The zero-order valence-electron chi connectivity index (χ0n) is 11.2. The van der Waals surface area contributed by atoms with Gasteiger partial charge in [0.2, 0.25) is 5.91 Å². The number of likely N-dealkylation sites (N-methyl/N-ethyl adjacent to an activating group) is 1. The van der Waals surface area contributed by atoms with E-state index in [0.29, 0.717) is 6.54 Å². The molecule has 0 aliphatic rings. The number of hydrogen-bond donors (Lipinski definition) is 1. The molecule has 0 radical (unpaired) electrons. The molecule has 1 amide bonds. The van der Waals surface area contributed by atoms with E-state index >= 15 is 0 Å². The minimum Gasteiger partial charge on any atom is -0.369 e. The van der Waals surface area contributed by atoms with Gasteiger partial charge in [0.25, 0.3) is 0 Å². The maximum absolute atomic E-state index is 10.9. The molecule has 1 aromatic carbocycles. The molecule has 3 heteroatoms. The summed E-state index contributed by atoms with van der Waals surface area (Å²) in [6.45, 7) is 7.54. The van der Waals surface area contributed by atoms with Crippen molar-refractivity contribution in [1.29, 1.82) is 0 Å². The number of carbonyl (C=O) groups is 1. The van der Waals surface area contributed by atoms with Gasteiger partial charge in [0.05, 0.1) is 6.54 Å². The summed E-state index contributed by atoms with van der Waals surface area (Å²) in [7, 11) is 1.92. The molecule has 0 aliphatic heterocycles. The molecule has 1 aromatic rings. The summed E-state index contributed by atoms with van der Waals surface area (Å²) < 4.78 is 0.